The molecular formula is C13H15NO2. The second kappa shape index (κ2) is 4.75. The summed E-state index contributed by atoms with van der Waals surface area (Å²) >= 11 is 0. The molecule has 0 aliphatic heterocycles. The van der Waals surface area contributed by atoms with Crippen molar-refractivity contribution >= 4 is 5.69 Å². The first-order valence-electron chi connectivity index (χ1n) is 5.38. The first kappa shape index (κ1) is 10.6. The Morgan fingerprint density at radius 2 is 1.75 bits per heavy atom. The average Bonchev–Trinajstić information content (AvgIpc) is 2.76. The van der Waals surface area contributed by atoms with Crippen molar-refractivity contribution in [2.24, 2.45) is 0 Å². The molecule has 0 saturated carbocycles. The Kier molecular flexibility index (Phi) is 3.15. The maximum Gasteiger partial charge on any atom is 0.123 e. The minimum atomic E-state index is 0.275. The predicted molar refractivity (Wildman–Crippen MR) is 63.5 cm³/mol. The van der Waals surface area contributed by atoms with Crippen molar-refractivity contribution < 1.29 is 9.52 Å². The number of anilines is 1. The van der Waals surface area contributed by atoms with Crippen molar-refractivity contribution in [3.05, 3.63) is 47.9 Å². The summed E-state index contributed by atoms with van der Waals surface area (Å²) in [6.45, 7) is 2.72. The van der Waals surface area contributed by atoms with Gasteiger partial charge < -0.3 is 14.8 Å². The van der Waals surface area contributed by atoms with Crippen LogP contribution in [-0.4, -0.2) is 5.11 Å². The fourth-order valence-electron chi connectivity index (χ4n) is 1.48. The quantitative estimate of drug-likeness (QED) is 0.773. The van der Waals surface area contributed by atoms with E-state index in [4.69, 9.17) is 9.52 Å². The summed E-state index contributed by atoms with van der Waals surface area (Å²) < 4.78 is 5.57. The molecule has 2 aromatic rings. The molecular weight excluding hydrogens is 202 g/mol. The Balaban J connectivity index is 1.94. The number of benzene rings is 1. The summed E-state index contributed by atoms with van der Waals surface area (Å²) in [6.07, 6.45) is 0.916. The molecule has 2 N–H and O–H groups in total. The van der Waals surface area contributed by atoms with Crippen LogP contribution in [0.15, 0.2) is 40.8 Å². The van der Waals surface area contributed by atoms with Crippen molar-refractivity contribution in [1.82, 2.24) is 0 Å². The predicted octanol–water partition coefficient (Wildman–Crippen LogP) is 3.16. The van der Waals surface area contributed by atoms with Gasteiger partial charge in [-0.1, -0.05) is 6.92 Å². The van der Waals surface area contributed by atoms with E-state index in [1.165, 1.54) is 0 Å². The van der Waals surface area contributed by atoms with Gasteiger partial charge in [0.2, 0.25) is 0 Å². The average molecular weight is 217 g/mol. The van der Waals surface area contributed by atoms with E-state index in [0.717, 1.165) is 23.6 Å². The number of nitrogens with one attached hydrogen (secondary N) is 1. The molecule has 3 heteroatoms. The monoisotopic (exact) mass is 217 g/mol. The molecule has 0 amide bonds. The zero-order valence-corrected chi connectivity index (χ0v) is 9.23. The van der Waals surface area contributed by atoms with Gasteiger partial charge in [-0.25, -0.2) is 0 Å². The van der Waals surface area contributed by atoms with Crippen molar-refractivity contribution in [3.8, 4) is 5.75 Å². The molecule has 16 heavy (non-hydrogen) atoms. The van der Waals surface area contributed by atoms with E-state index in [0.29, 0.717) is 6.54 Å². The maximum absolute atomic E-state index is 9.13. The van der Waals surface area contributed by atoms with Gasteiger partial charge in [-0.05, 0) is 36.4 Å². The van der Waals surface area contributed by atoms with Crippen LogP contribution >= 0.6 is 0 Å². The third kappa shape index (κ3) is 2.57. The standard InChI is InChI=1S/C13H15NO2/c1-2-12-7-8-13(16-12)9-14-10-3-5-11(15)6-4-10/h3-8,14-15H,2,9H2,1H3. The fourth-order valence-corrected chi connectivity index (χ4v) is 1.48. The first-order valence-corrected chi connectivity index (χ1v) is 5.38. The topological polar surface area (TPSA) is 45.4 Å². The number of hydrogen-bond donors (Lipinski definition) is 2. The number of phenols is 1. The third-order valence-electron chi connectivity index (χ3n) is 2.40. The Morgan fingerprint density at radius 3 is 2.38 bits per heavy atom. The van der Waals surface area contributed by atoms with Crippen molar-refractivity contribution in [1.29, 1.82) is 0 Å². The van der Waals surface area contributed by atoms with Crippen molar-refractivity contribution in [2.75, 3.05) is 5.32 Å². The molecule has 0 fully saturated rings. The summed E-state index contributed by atoms with van der Waals surface area (Å²) in [5.74, 6) is 2.20. The lowest BCUT2D eigenvalue weighted by Crippen LogP contribution is -1.97. The van der Waals surface area contributed by atoms with Crippen LogP contribution in [0.3, 0.4) is 0 Å². The van der Waals surface area contributed by atoms with Crippen LogP contribution < -0.4 is 5.32 Å². The largest absolute Gasteiger partial charge is 0.508 e. The van der Waals surface area contributed by atoms with Crippen LogP contribution in [0.4, 0.5) is 5.69 Å². The van der Waals surface area contributed by atoms with E-state index >= 15 is 0 Å². The zero-order chi connectivity index (χ0) is 11.4. The molecule has 0 unspecified atom stereocenters. The molecule has 0 aliphatic carbocycles. The van der Waals surface area contributed by atoms with E-state index < -0.39 is 0 Å². The van der Waals surface area contributed by atoms with E-state index in [9.17, 15) is 0 Å². The highest BCUT2D eigenvalue weighted by Gasteiger charge is 2.00. The highest BCUT2D eigenvalue weighted by Crippen LogP contribution is 2.15. The van der Waals surface area contributed by atoms with E-state index in [-0.39, 0.29) is 5.75 Å². The maximum atomic E-state index is 9.13. The second-order valence-corrected chi connectivity index (χ2v) is 3.62. The summed E-state index contributed by atoms with van der Waals surface area (Å²) in [4.78, 5) is 0. The molecule has 0 spiro atoms. The van der Waals surface area contributed by atoms with Gasteiger partial charge in [0.1, 0.15) is 17.3 Å². The van der Waals surface area contributed by atoms with Gasteiger partial charge >= 0.3 is 0 Å². The normalized spacial score (nSPS) is 10.3. The molecule has 0 aliphatic rings. The highest BCUT2D eigenvalue weighted by molar-refractivity contribution is 5.46. The van der Waals surface area contributed by atoms with Gasteiger partial charge in [0, 0.05) is 12.1 Å². The molecule has 1 aromatic heterocycles. The minimum absolute atomic E-state index is 0.275. The van der Waals surface area contributed by atoms with E-state index in [1.54, 1.807) is 12.1 Å². The molecule has 1 heterocycles. The van der Waals surface area contributed by atoms with Crippen LogP contribution in [-0.2, 0) is 13.0 Å². The van der Waals surface area contributed by atoms with Crippen molar-refractivity contribution in [3.63, 3.8) is 0 Å². The van der Waals surface area contributed by atoms with E-state index in [1.807, 2.05) is 24.3 Å². The smallest absolute Gasteiger partial charge is 0.123 e. The Bertz CT molecular complexity index is 445. The van der Waals surface area contributed by atoms with Crippen LogP contribution in [0.1, 0.15) is 18.4 Å². The third-order valence-corrected chi connectivity index (χ3v) is 2.40. The molecule has 84 valence electrons. The van der Waals surface area contributed by atoms with Crippen LogP contribution in [0.25, 0.3) is 0 Å². The second-order valence-electron chi connectivity index (χ2n) is 3.62. The summed E-state index contributed by atoms with van der Waals surface area (Å²) in [7, 11) is 0. The summed E-state index contributed by atoms with van der Waals surface area (Å²) in [5, 5.41) is 12.4. The van der Waals surface area contributed by atoms with Crippen LogP contribution in [0.2, 0.25) is 0 Å². The molecule has 1 aromatic carbocycles. The van der Waals surface area contributed by atoms with Gasteiger partial charge in [-0.3, -0.25) is 0 Å². The number of aromatic hydroxyl groups is 1. The summed E-state index contributed by atoms with van der Waals surface area (Å²) in [6, 6.07) is 10.9. The zero-order valence-electron chi connectivity index (χ0n) is 9.23. The van der Waals surface area contributed by atoms with Crippen LogP contribution in [0.5, 0.6) is 5.75 Å². The van der Waals surface area contributed by atoms with Gasteiger partial charge in [0.05, 0.1) is 6.54 Å². The van der Waals surface area contributed by atoms with Gasteiger partial charge in [0.25, 0.3) is 0 Å². The lowest BCUT2D eigenvalue weighted by Gasteiger charge is -2.04. The summed E-state index contributed by atoms with van der Waals surface area (Å²) in [5.41, 5.74) is 0.965. The minimum Gasteiger partial charge on any atom is -0.508 e. The Labute approximate surface area is 94.7 Å². The Morgan fingerprint density at radius 1 is 1.06 bits per heavy atom. The highest BCUT2D eigenvalue weighted by atomic mass is 16.3. The lowest BCUT2D eigenvalue weighted by molar-refractivity contribution is 0.475. The van der Waals surface area contributed by atoms with E-state index in [2.05, 4.69) is 12.2 Å². The molecule has 3 nitrogen and oxygen atoms in total. The number of aryl methyl sites for hydroxylation is 1. The molecule has 0 atom stereocenters. The number of hydrogen-bond acceptors (Lipinski definition) is 3. The number of furan rings is 1. The number of rotatable bonds is 4. The molecule has 0 saturated heterocycles. The first-order chi connectivity index (χ1) is 7.78. The fraction of sp³-hybridized carbons (Fsp3) is 0.231. The number of phenolic OH excluding ortho intramolecular Hbond substituents is 1. The SMILES string of the molecule is CCc1ccc(CNc2ccc(O)cc2)o1. The van der Waals surface area contributed by atoms with Gasteiger partial charge in [0.15, 0.2) is 0 Å². The van der Waals surface area contributed by atoms with Gasteiger partial charge in [-0.2, -0.15) is 0 Å². The lowest BCUT2D eigenvalue weighted by atomic mass is 10.3. The van der Waals surface area contributed by atoms with Crippen LogP contribution in [0, 0.1) is 0 Å². The molecule has 0 bridgehead atoms. The Hall–Kier alpha value is -1.90. The molecule has 0 radical (unpaired) electrons. The van der Waals surface area contributed by atoms with Crippen molar-refractivity contribution in [2.45, 2.75) is 19.9 Å². The van der Waals surface area contributed by atoms with Gasteiger partial charge in [-0.15, -0.1) is 0 Å². The molecule has 2 rings (SSSR count).